The first-order valence-corrected chi connectivity index (χ1v) is 11.1. The molecule has 0 aromatic carbocycles. The van der Waals surface area contributed by atoms with Gasteiger partial charge < -0.3 is 23.7 Å². The van der Waals surface area contributed by atoms with Gasteiger partial charge in [-0.3, -0.25) is 0 Å². The molecule has 0 radical (unpaired) electrons. The first-order valence-electron chi connectivity index (χ1n) is 11.1. The maximum absolute atomic E-state index is 13.0. The van der Waals surface area contributed by atoms with Crippen LogP contribution in [0.3, 0.4) is 0 Å². The lowest BCUT2D eigenvalue weighted by molar-refractivity contribution is -0.138. The van der Waals surface area contributed by atoms with Crippen molar-refractivity contribution in [2.24, 2.45) is 29.1 Å². The molecule has 0 aromatic rings. The summed E-state index contributed by atoms with van der Waals surface area (Å²) in [4.78, 5) is 13.0. The van der Waals surface area contributed by atoms with Gasteiger partial charge in [0, 0.05) is 19.6 Å². The molecule has 0 unspecified atom stereocenters. The molecule has 2 rings (SSSR count). The van der Waals surface area contributed by atoms with Crippen molar-refractivity contribution in [3.63, 3.8) is 0 Å². The van der Waals surface area contributed by atoms with Gasteiger partial charge in [-0.2, -0.15) is 0 Å². The van der Waals surface area contributed by atoms with Crippen LogP contribution in [0.4, 0.5) is 0 Å². The molecule has 6 nitrogen and oxygen atoms in total. The third kappa shape index (κ3) is 6.07. The SMILES string of the molecule is C=C(COCOC)[C@@H]1CC[C@@H](C)[C@H]1C[C@]1(COCOC)C=CC(C(C)C)=C1C(=O)OC. The molecular formula is C25H40O6. The van der Waals surface area contributed by atoms with Gasteiger partial charge in [-0.15, -0.1) is 0 Å². The summed E-state index contributed by atoms with van der Waals surface area (Å²) in [6.45, 7) is 12.1. The predicted octanol–water partition coefficient (Wildman–Crippen LogP) is 4.52. The zero-order valence-corrected chi connectivity index (χ0v) is 20.1. The van der Waals surface area contributed by atoms with Crippen molar-refractivity contribution in [1.29, 1.82) is 0 Å². The predicted molar refractivity (Wildman–Crippen MR) is 120 cm³/mol. The van der Waals surface area contributed by atoms with Crippen LogP contribution in [0, 0.1) is 29.1 Å². The Bertz CT molecular complexity index is 679. The molecule has 0 saturated heterocycles. The van der Waals surface area contributed by atoms with Crippen molar-refractivity contribution in [1.82, 2.24) is 0 Å². The van der Waals surface area contributed by atoms with E-state index in [0.717, 1.165) is 36.0 Å². The van der Waals surface area contributed by atoms with Crippen LogP contribution in [0.25, 0.3) is 0 Å². The summed E-state index contributed by atoms with van der Waals surface area (Å²) in [5.41, 5.74) is 2.30. The van der Waals surface area contributed by atoms with Gasteiger partial charge in [-0.1, -0.05) is 39.5 Å². The van der Waals surface area contributed by atoms with Gasteiger partial charge in [-0.05, 0) is 54.1 Å². The Morgan fingerprint density at radius 1 is 1.16 bits per heavy atom. The summed E-state index contributed by atoms with van der Waals surface area (Å²) in [7, 11) is 4.67. The fourth-order valence-corrected chi connectivity index (χ4v) is 5.17. The van der Waals surface area contributed by atoms with Crippen molar-refractivity contribution >= 4 is 5.97 Å². The number of hydrogen-bond donors (Lipinski definition) is 0. The minimum absolute atomic E-state index is 0.183. The molecule has 0 aliphatic heterocycles. The van der Waals surface area contributed by atoms with Crippen molar-refractivity contribution in [3.8, 4) is 0 Å². The molecule has 0 N–H and O–H groups in total. The van der Waals surface area contributed by atoms with E-state index in [9.17, 15) is 4.79 Å². The molecule has 2 aliphatic rings. The summed E-state index contributed by atoms with van der Waals surface area (Å²) >= 11 is 0. The lowest BCUT2D eigenvalue weighted by Gasteiger charge is -2.36. The van der Waals surface area contributed by atoms with Crippen molar-refractivity contribution in [2.45, 2.75) is 40.0 Å². The maximum atomic E-state index is 13.0. The van der Waals surface area contributed by atoms with Crippen molar-refractivity contribution < 1.29 is 28.5 Å². The monoisotopic (exact) mass is 436 g/mol. The van der Waals surface area contributed by atoms with Crippen molar-refractivity contribution in [3.05, 3.63) is 35.5 Å². The molecule has 2 aliphatic carbocycles. The third-order valence-corrected chi connectivity index (χ3v) is 6.73. The number of carbonyl (C=O) groups excluding carboxylic acids is 1. The van der Waals surface area contributed by atoms with Gasteiger partial charge in [0.05, 0.1) is 25.9 Å². The fraction of sp³-hybridized carbons (Fsp3) is 0.720. The van der Waals surface area contributed by atoms with Crippen LogP contribution in [0.1, 0.15) is 40.0 Å². The van der Waals surface area contributed by atoms with E-state index < -0.39 is 5.41 Å². The van der Waals surface area contributed by atoms with E-state index >= 15 is 0 Å². The first-order chi connectivity index (χ1) is 14.8. The van der Waals surface area contributed by atoms with Crippen LogP contribution in [0.5, 0.6) is 0 Å². The molecule has 0 amide bonds. The van der Waals surface area contributed by atoms with Gasteiger partial charge in [0.1, 0.15) is 13.6 Å². The maximum Gasteiger partial charge on any atom is 0.335 e. The number of rotatable bonds is 13. The second kappa shape index (κ2) is 12.0. The standard InChI is InChI=1S/C25H40O6/c1-17(2)20-10-11-25(14-31-16-28-6,23(20)24(26)29-7)12-22-18(3)8-9-21(22)19(4)13-30-15-27-5/h10-11,17-18,21-22H,4,8-9,12-16H2,1-3,5-7H3/t18-,21+,22-,25+/m1/s1. The molecular weight excluding hydrogens is 396 g/mol. The molecule has 0 heterocycles. The minimum Gasteiger partial charge on any atom is -0.466 e. The summed E-state index contributed by atoms with van der Waals surface area (Å²) < 4.78 is 26.8. The Morgan fingerprint density at radius 2 is 1.84 bits per heavy atom. The van der Waals surface area contributed by atoms with Crippen LogP contribution in [0.2, 0.25) is 0 Å². The number of esters is 1. The highest BCUT2D eigenvalue weighted by Crippen LogP contribution is 2.52. The largest absolute Gasteiger partial charge is 0.466 e. The number of allylic oxidation sites excluding steroid dienone is 2. The second-order valence-corrected chi connectivity index (χ2v) is 9.16. The fourth-order valence-electron chi connectivity index (χ4n) is 5.17. The highest BCUT2D eigenvalue weighted by molar-refractivity contribution is 5.93. The van der Waals surface area contributed by atoms with Crippen LogP contribution < -0.4 is 0 Å². The summed E-state index contributed by atoms with van der Waals surface area (Å²) in [5.74, 6) is 1.14. The van der Waals surface area contributed by atoms with E-state index in [0.29, 0.717) is 31.0 Å². The molecule has 0 spiro atoms. The Labute approximate surface area is 187 Å². The number of carbonyl (C=O) groups is 1. The average molecular weight is 437 g/mol. The lowest BCUT2D eigenvalue weighted by atomic mass is 9.69. The van der Waals surface area contributed by atoms with Crippen LogP contribution in [-0.4, -0.2) is 54.1 Å². The molecule has 4 atom stereocenters. The second-order valence-electron chi connectivity index (χ2n) is 9.16. The minimum atomic E-state index is -0.541. The smallest absolute Gasteiger partial charge is 0.335 e. The summed E-state index contributed by atoms with van der Waals surface area (Å²) in [6.07, 6.45) is 7.23. The van der Waals surface area contributed by atoms with Gasteiger partial charge in [0.15, 0.2) is 0 Å². The molecule has 0 bridgehead atoms. The summed E-state index contributed by atoms with van der Waals surface area (Å²) in [6, 6.07) is 0. The topological polar surface area (TPSA) is 63.2 Å². The average Bonchev–Trinajstić information content (AvgIpc) is 3.29. The molecule has 0 aromatic heterocycles. The van der Waals surface area contributed by atoms with Crippen molar-refractivity contribution in [2.75, 3.05) is 48.1 Å². The zero-order chi connectivity index (χ0) is 23.0. The molecule has 6 heteroatoms. The number of hydrogen-bond acceptors (Lipinski definition) is 6. The lowest BCUT2D eigenvalue weighted by Crippen LogP contribution is -2.35. The van der Waals surface area contributed by atoms with Crippen LogP contribution in [0.15, 0.2) is 35.5 Å². The Balaban J connectivity index is 2.36. The quantitative estimate of drug-likeness (QED) is 0.183. The van der Waals surface area contributed by atoms with E-state index in [1.165, 1.54) is 7.11 Å². The van der Waals surface area contributed by atoms with E-state index in [4.69, 9.17) is 23.7 Å². The van der Waals surface area contributed by atoms with E-state index in [1.807, 2.05) is 0 Å². The van der Waals surface area contributed by atoms with Gasteiger partial charge >= 0.3 is 5.97 Å². The highest BCUT2D eigenvalue weighted by atomic mass is 16.7. The number of methoxy groups -OCH3 is 3. The Morgan fingerprint density at radius 3 is 2.45 bits per heavy atom. The molecule has 1 saturated carbocycles. The number of ether oxygens (including phenoxy) is 5. The van der Waals surface area contributed by atoms with E-state index in [1.54, 1.807) is 14.2 Å². The highest BCUT2D eigenvalue weighted by Gasteiger charge is 2.47. The zero-order valence-electron chi connectivity index (χ0n) is 20.1. The molecule has 1 fully saturated rings. The molecule has 176 valence electrons. The summed E-state index contributed by atoms with van der Waals surface area (Å²) in [5, 5.41) is 0. The van der Waals surface area contributed by atoms with E-state index in [2.05, 4.69) is 39.5 Å². The normalized spacial score (nSPS) is 28.0. The van der Waals surface area contributed by atoms with Crippen LogP contribution in [-0.2, 0) is 28.5 Å². The van der Waals surface area contributed by atoms with Crippen LogP contribution >= 0.6 is 0 Å². The van der Waals surface area contributed by atoms with Gasteiger partial charge in [-0.25, -0.2) is 4.79 Å². The van der Waals surface area contributed by atoms with Gasteiger partial charge in [0.25, 0.3) is 0 Å². The Hall–Kier alpha value is -1.47. The Kier molecular flexibility index (Phi) is 9.94. The molecule has 31 heavy (non-hydrogen) atoms. The third-order valence-electron chi connectivity index (χ3n) is 6.73. The van der Waals surface area contributed by atoms with Gasteiger partial charge in [0.2, 0.25) is 0 Å². The van der Waals surface area contributed by atoms with E-state index in [-0.39, 0.29) is 25.5 Å². The first kappa shape index (κ1) is 25.8.